The van der Waals surface area contributed by atoms with E-state index in [-0.39, 0.29) is 0 Å². The van der Waals surface area contributed by atoms with E-state index in [1.807, 2.05) is 76.2 Å². The Morgan fingerprint density at radius 1 is 0.720 bits per heavy atom. The highest BCUT2D eigenvalue weighted by Gasteiger charge is 2.25. The highest BCUT2D eigenvalue weighted by molar-refractivity contribution is 5.45. The third-order valence-corrected chi connectivity index (χ3v) is 4.38. The van der Waals surface area contributed by atoms with Crippen LogP contribution >= 0.6 is 0 Å². The van der Waals surface area contributed by atoms with E-state index in [9.17, 15) is 9.59 Å². The molecule has 0 radical (unpaired) electrons. The Morgan fingerprint density at radius 3 is 1.44 bits per heavy atom. The molecule has 0 atom stereocenters. The molecule has 4 nitrogen and oxygen atoms in total. The lowest BCUT2D eigenvalue weighted by Crippen LogP contribution is -2.19. The number of rotatable bonds is 6. The van der Waals surface area contributed by atoms with Crippen LogP contribution in [0.3, 0.4) is 0 Å². The fourth-order valence-corrected chi connectivity index (χ4v) is 3.10. The fraction of sp³-hybridized carbons (Fsp3) is 0.333. The number of hydrogen-bond acceptors (Lipinski definition) is 4. The minimum absolute atomic E-state index is 0.649. The molecule has 0 unspecified atom stereocenters. The Balaban J connectivity index is 2.53. The molecule has 4 heteroatoms. The molecule has 0 N–H and O–H groups in total. The van der Waals surface area contributed by atoms with Crippen LogP contribution in [0.1, 0.15) is 49.9 Å². The van der Waals surface area contributed by atoms with Crippen LogP contribution in [0.4, 0.5) is 0 Å². The number of benzene rings is 2. The van der Waals surface area contributed by atoms with Gasteiger partial charge in [-0.2, -0.15) is 9.98 Å². The zero-order chi connectivity index (χ0) is 18.5. The van der Waals surface area contributed by atoms with Crippen LogP contribution in [-0.2, 0) is 27.1 Å². The minimum Gasteiger partial charge on any atom is -0.211 e. The van der Waals surface area contributed by atoms with E-state index in [0.29, 0.717) is 6.42 Å². The first-order valence-electron chi connectivity index (χ1n) is 8.16. The van der Waals surface area contributed by atoms with Crippen molar-refractivity contribution < 1.29 is 9.59 Å². The Morgan fingerprint density at radius 2 is 1.08 bits per heavy atom. The summed E-state index contributed by atoms with van der Waals surface area (Å²) in [6.45, 7) is 7.57. The summed E-state index contributed by atoms with van der Waals surface area (Å²) < 4.78 is 0. The Hall–Kier alpha value is -2.80. The second-order valence-corrected chi connectivity index (χ2v) is 7.02. The van der Waals surface area contributed by atoms with Gasteiger partial charge in [-0.05, 0) is 56.4 Å². The molecule has 0 aliphatic carbocycles. The van der Waals surface area contributed by atoms with Gasteiger partial charge in [0.1, 0.15) is 0 Å². The Kier molecular flexibility index (Phi) is 5.48. The van der Waals surface area contributed by atoms with Crippen molar-refractivity contribution in [2.24, 2.45) is 9.98 Å². The van der Waals surface area contributed by atoms with Crippen molar-refractivity contribution in [3.8, 4) is 0 Å². The second kappa shape index (κ2) is 7.40. The molecule has 128 valence electrons. The molecule has 0 saturated carbocycles. The standard InChI is InChI=1S/C21H22N2O2/c1-20(2,22-14-24)18-11-7-5-9-16(18)13-17-10-6-8-12-19(17)21(3,4)23-15-25/h5-12H,13H2,1-4H3. The molecule has 0 fully saturated rings. The quantitative estimate of drug-likeness (QED) is 0.580. The van der Waals surface area contributed by atoms with E-state index in [0.717, 1.165) is 22.3 Å². The summed E-state index contributed by atoms with van der Waals surface area (Å²) >= 11 is 0. The lowest BCUT2D eigenvalue weighted by Gasteiger charge is -2.25. The van der Waals surface area contributed by atoms with Crippen molar-refractivity contribution in [1.29, 1.82) is 0 Å². The number of aliphatic imine (C=N–C) groups is 2. The predicted octanol–water partition coefficient (Wildman–Crippen LogP) is 4.42. The SMILES string of the molecule is CC(C)(N=C=O)c1ccccc1Cc1ccccc1C(C)(C)N=C=O. The van der Waals surface area contributed by atoms with E-state index in [4.69, 9.17) is 0 Å². The van der Waals surface area contributed by atoms with E-state index in [1.165, 1.54) is 0 Å². The number of isocyanates is 2. The van der Waals surface area contributed by atoms with Crippen LogP contribution in [0.15, 0.2) is 58.5 Å². The third-order valence-electron chi connectivity index (χ3n) is 4.38. The van der Waals surface area contributed by atoms with Gasteiger partial charge in [0.15, 0.2) is 0 Å². The summed E-state index contributed by atoms with van der Waals surface area (Å²) in [4.78, 5) is 29.5. The maximum absolute atomic E-state index is 10.8. The monoisotopic (exact) mass is 334 g/mol. The predicted molar refractivity (Wildman–Crippen MR) is 98.0 cm³/mol. The molecule has 25 heavy (non-hydrogen) atoms. The van der Waals surface area contributed by atoms with Gasteiger partial charge in [-0.1, -0.05) is 48.5 Å². The van der Waals surface area contributed by atoms with Gasteiger partial charge in [-0.3, -0.25) is 0 Å². The van der Waals surface area contributed by atoms with Crippen molar-refractivity contribution in [1.82, 2.24) is 0 Å². The summed E-state index contributed by atoms with van der Waals surface area (Å²) in [6.07, 6.45) is 3.99. The van der Waals surface area contributed by atoms with Gasteiger partial charge in [0.25, 0.3) is 0 Å². The third kappa shape index (κ3) is 4.19. The van der Waals surface area contributed by atoms with Crippen LogP contribution < -0.4 is 0 Å². The Labute approximate surface area is 148 Å². The minimum atomic E-state index is -0.649. The summed E-state index contributed by atoms with van der Waals surface area (Å²) in [7, 11) is 0. The van der Waals surface area contributed by atoms with Crippen LogP contribution in [-0.4, -0.2) is 12.2 Å². The van der Waals surface area contributed by atoms with Gasteiger partial charge in [0.2, 0.25) is 12.2 Å². The van der Waals surface area contributed by atoms with Crippen molar-refractivity contribution in [2.75, 3.05) is 0 Å². The maximum Gasteiger partial charge on any atom is 0.235 e. The molecule has 2 rings (SSSR count). The second-order valence-electron chi connectivity index (χ2n) is 7.02. The Bertz CT molecular complexity index is 784. The molecule has 0 spiro atoms. The average Bonchev–Trinajstić information content (AvgIpc) is 2.55. The van der Waals surface area contributed by atoms with Gasteiger partial charge < -0.3 is 0 Å². The molecule has 2 aromatic carbocycles. The normalized spacial score (nSPS) is 11.4. The highest BCUT2D eigenvalue weighted by atomic mass is 16.1. The van der Waals surface area contributed by atoms with Gasteiger partial charge in [0, 0.05) is 0 Å². The van der Waals surface area contributed by atoms with E-state index >= 15 is 0 Å². The number of nitrogens with zero attached hydrogens (tertiary/aromatic N) is 2. The van der Waals surface area contributed by atoms with Gasteiger partial charge in [0.05, 0.1) is 11.1 Å². The van der Waals surface area contributed by atoms with Crippen LogP contribution in [0, 0.1) is 0 Å². The molecule has 0 aromatic heterocycles. The van der Waals surface area contributed by atoms with Crippen LogP contribution in [0.5, 0.6) is 0 Å². The largest absolute Gasteiger partial charge is 0.235 e. The average molecular weight is 334 g/mol. The first kappa shape index (κ1) is 18.5. The zero-order valence-corrected chi connectivity index (χ0v) is 15.0. The first-order valence-corrected chi connectivity index (χ1v) is 8.16. The molecular formula is C21H22N2O2. The smallest absolute Gasteiger partial charge is 0.211 e. The van der Waals surface area contributed by atoms with E-state index < -0.39 is 11.1 Å². The van der Waals surface area contributed by atoms with Crippen molar-refractivity contribution in [3.05, 3.63) is 70.8 Å². The summed E-state index contributed by atoms with van der Waals surface area (Å²) in [5.41, 5.74) is 2.80. The molecule has 2 aromatic rings. The molecule has 0 bridgehead atoms. The summed E-state index contributed by atoms with van der Waals surface area (Å²) in [6, 6.07) is 15.8. The topological polar surface area (TPSA) is 58.9 Å². The lowest BCUT2D eigenvalue weighted by molar-refractivity contribution is 0.518. The van der Waals surface area contributed by atoms with Crippen LogP contribution in [0.2, 0.25) is 0 Å². The van der Waals surface area contributed by atoms with E-state index in [2.05, 4.69) is 9.98 Å². The van der Waals surface area contributed by atoms with Gasteiger partial charge >= 0.3 is 0 Å². The number of carbonyl (C=O) groups excluding carboxylic acids is 2. The van der Waals surface area contributed by atoms with Crippen LogP contribution in [0.25, 0.3) is 0 Å². The van der Waals surface area contributed by atoms with Crippen molar-refractivity contribution in [3.63, 3.8) is 0 Å². The van der Waals surface area contributed by atoms with Crippen molar-refractivity contribution in [2.45, 2.75) is 45.2 Å². The zero-order valence-electron chi connectivity index (χ0n) is 15.0. The summed E-state index contributed by atoms with van der Waals surface area (Å²) in [5, 5.41) is 0. The van der Waals surface area contributed by atoms with E-state index in [1.54, 1.807) is 12.2 Å². The van der Waals surface area contributed by atoms with Gasteiger partial charge in [-0.25, -0.2) is 9.59 Å². The first-order chi connectivity index (χ1) is 11.8. The van der Waals surface area contributed by atoms with Gasteiger partial charge in [-0.15, -0.1) is 0 Å². The molecule has 0 aliphatic rings. The molecular weight excluding hydrogens is 312 g/mol. The molecule has 0 saturated heterocycles. The molecule has 0 aliphatic heterocycles. The maximum atomic E-state index is 10.8. The summed E-state index contributed by atoms with van der Waals surface area (Å²) in [5.74, 6) is 0. The molecule has 0 heterocycles. The fourth-order valence-electron chi connectivity index (χ4n) is 3.10. The van der Waals surface area contributed by atoms with Crippen molar-refractivity contribution >= 4 is 12.2 Å². The molecule has 0 amide bonds. The highest BCUT2D eigenvalue weighted by Crippen LogP contribution is 2.32. The lowest BCUT2D eigenvalue weighted by atomic mass is 9.84. The number of hydrogen-bond donors (Lipinski definition) is 0.